The Morgan fingerprint density at radius 1 is 1.28 bits per heavy atom. The Hall–Kier alpha value is -2.07. The first-order valence-corrected chi connectivity index (χ1v) is 8.23. The van der Waals surface area contributed by atoms with Crippen LogP contribution in [0.4, 0.5) is 0 Å². The monoisotopic (exact) mass is 345 g/mol. The number of β-lactam (4-membered cyclic amide) rings is 1. The molecule has 2 heterocycles. The second-order valence-electron chi connectivity index (χ2n) is 6.51. The molecule has 0 bridgehead atoms. The van der Waals surface area contributed by atoms with Crippen LogP contribution in [0.25, 0.3) is 0 Å². The zero-order valence-electron chi connectivity index (χ0n) is 14.9. The van der Waals surface area contributed by atoms with Gasteiger partial charge in [-0.2, -0.15) is 0 Å². The van der Waals surface area contributed by atoms with Gasteiger partial charge in [0.25, 0.3) is 5.91 Å². The van der Waals surface area contributed by atoms with Crippen LogP contribution in [0.3, 0.4) is 0 Å². The van der Waals surface area contributed by atoms with Gasteiger partial charge in [0.1, 0.15) is 11.9 Å². The van der Waals surface area contributed by atoms with Crippen LogP contribution in [-0.2, 0) is 19.0 Å². The molecule has 1 aromatic rings. The van der Waals surface area contributed by atoms with E-state index in [1.807, 2.05) is 38.1 Å². The number of likely N-dealkylation sites (tertiary alicyclic amines) is 1. The molecule has 0 aromatic heterocycles. The van der Waals surface area contributed by atoms with E-state index in [1.54, 1.807) is 12.0 Å². The molecule has 2 saturated heterocycles. The van der Waals surface area contributed by atoms with Crippen LogP contribution in [0, 0.1) is 11.8 Å². The highest BCUT2D eigenvalue weighted by atomic mass is 16.7. The summed E-state index contributed by atoms with van der Waals surface area (Å²) in [7, 11) is 3.16. The highest BCUT2D eigenvalue weighted by Crippen LogP contribution is 2.33. The molecule has 2 aliphatic heterocycles. The number of methoxy groups -OCH3 is 2. The molecular weight excluding hydrogens is 322 g/mol. The zero-order chi connectivity index (χ0) is 18.0. The number of ether oxygens (including phenoxy) is 4. The molecule has 0 saturated carbocycles. The summed E-state index contributed by atoms with van der Waals surface area (Å²) in [4.78, 5) is 14.0. The Bertz CT molecular complexity index is 688. The minimum atomic E-state index is -0.637. The maximum absolute atomic E-state index is 12.3. The van der Waals surface area contributed by atoms with Gasteiger partial charge in [0, 0.05) is 12.7 Å². The molecule has 0 spiro atoms. The molecule has 3 rings (SSSR count). The fraction of sp³-hybridized carbons (Fsp3) is 0.526. The Balaban J connectivity index is 1.66. The molecule has 0 N–H and O–H groups in total. The van der Waals surface area contributed by atoms with E-state index in [1.165, 1.54) is 7.11 Å². The molecule has 6 heteroatoms. The second-order valence-corrected chi connectivity index (χ2v) is 6.51. The van der Waals surface area contributed by atoms with Crippen LogP contribution in [0.5, 0.6) is 5.75 Å². The molecule has 1 amide bonds. The van der Waals surface area contributed by atoms with E-state index in [4.69, 9.17) is 18.9 Å². The third-order valence-corrected chi connectivity index (χ3v) is 4.43. The van der Waals surface area contributed by atoms with Crippen LogP contribution in [0.2, 0.25) is 0 Å². The number of carbonyl (C=O) groups is 1. The number of hydrogen-bond acceptors (Lipinski definition) is 5. The third-order valence-electron chi connectivity index (χ3n) is 4.43. The van der Waals surface area contributed by atoms with Crippen molar-refractivity contribution in [3.63, 3.8) is 0 Å². The van der Waals surface area contributed by atoms with Gasteiger partial charge in [0.05, 0.1) is 26.3 Å². The largest absolute Gasteiger partial charge is 0.497 e. The van der Waals surface area contributed by atoms with E-state index in [0.29, 0.717) is 13.2 Å². The van der Waals surface area contributed by atoms with Crippen molar-refractivity contribution in [2.75, 3.05) is 27.4 Å². The zero-order valence-corrected chi connectivity index (χ0v) is 14.9. The highest BCUT2D eigenvalue weighted by molar-refractivity contribution is 5.89. The van der Waals surface area contributed by atoms with Gasteiger partial charge < -0.3 is 23.8 Å². The molecule has 2 fully saturated rings. The maximum atomic E-state index is 12.3. The first kappa shape index (κ1) is 17.7. The van der Waals surface area contributed by atoms with Gasteiger partial charge in [-0.1, -0.05) is 11.8 Å². The summed E-state index contributed by atoms with van der Waals surface area (Å²) in [6.07, 6.45) is -0.703. The fourth-order valence-corrected chi connectivity index (χ4v) is 3.14. The normalized spacial score (nSPS) is 27.4. The number of carbonyl (C=O) groups excluding carboxylic acids is 1. The van der Waals surface area contributed by atoms with Gasteiger partial charge in [0.2, 0.25) is 0 Å². The first-order valence-electron chi connectivity index (χ1n) is 8.23. The van der Waals surface area contributed by atoms with Crippen molar-refractivity contribution in [3.05, 3.63) is 29.8 Å². The summed E-state index contributed by atoms with van der Waals surface area (Å²) >= 11 is 0. The fourth-order valence-electron chi connectivity index (χ4n) is 3.14. The molecule has 3 atom stereocenters. The Morgan fingerprint density at radius 3 is 2.56 bits per heavy atom. The van der Waals surface area contributed by atoms with Gasteiger partial charge in [-0.3, -0.25) is 4.79 Å². The quantitative estimate of drug-likeness (QED) is 0.610. The van der Waals surface area contributed by atoms with Gasteiger partial charge in [-0.05, 0) is 38.1 Å². The van der Waals surface area contributed by atoms with Gasteiger partial charge in [-0.15, -0.1) is 0 Å². The number of rotatable bonds is 4. The second kappa shape index (κ2) is 7.04. The SMILES string of the molecule is COc1ccc(C#CCN2C(=O)[C@H](OC)[C@@H]2[C@H]2COC(C)(C)O2)cc1. The summed E-state index contributed by atoms with van der Waals surface area (Å²) in [6.45, 7) is 4.50. The number of amides is 1. The predicted octanol–water partition coefficient (Wildman–Crippen LogP) is 1.42. The van der Waals surface area contributed by atoms with E-state index < -0.39 is 11.9 Å². The first-order chi connectivity index (χ1) is 11.9. The van der Waals surface area contributed by atoms with Crippen LogP contribution in [0.1, 0.15) is 19.4 Å². The van der Waals surface area contributed by atoms with Crippen molar-refractivity contribution >= 4 is 5.91 Å². The lowest BCUT2D eigenvalue weighted by molar-refractivity contribution is -0.191. The van der Waals surface area contributed by atoms with E-state index in [9.17, 15) is 4.79 Å². The van der Waals surface area contributed by atoms with Crippen molar-refractivity contribution < 1.29 is 23.7 Å². The lowest BCUT2D eigenvalue weighted by atomic mass is 9.92. The van der Waals surface area contributed by atoms with E-state index in [0.717, 1.165) is 11.3 Å². The Kier molecular flexibility index (Phi) is 5.00. The molecule has 2 aliphatic rings. The van der Waals surface area contributed by atoms with E-state index >= 15 is 0 Å². The summed E-state index contributed by atoms with van der Waals surface area (Å²) in [6, 6.07) is 7.30. The number of benzene rings is 1. The Labute approximate surface area is 148 Å². The average Bonchev–Trinajstić information content (AvgIpc) is 2.95. The molecule has 6 nitrogen and oxygen atoms in total. The van der Waals surface area contributed by atoms with Crippen molar-refractivity contribution in [2.45, 2.75) is 37.9 Å². The van der Waals surface area contributed by atoms with Crippen molar-refractivity contribution in [1.29, 1.82) is 0 Å². The van der Waals surface area contributed by atoms with Crippen LogP contribution >= 0.6 is 0 Å². The number of hydrogen-bond donors (Lipinski definition) is 0. The van der Waals surface area contributed by atoms with Crippen LogP contribution in [0.15, 0.2) is 24.3 Å². The van der Waals surface area contributed by atoms with Crippen molar-refractivity contribution in [2.24, 2.45) is 0 Å². The Morgan fingerprint density at radius 2 is 2.00 bits per heavy atom. The van der Waals surface area contributed by atoms with E-state index in [-0.39, 0.29) is 18.1 Å². The summed E-state index contributed by atoms with van der Waals surface area (Å²) < 4.78 is 22.0. The van der Waals surface area contributed by atoms with Gasteiger partial charge >= 0.3 is 0 Å². The molecule has 0 unspecified atom stereocenters. The topological polar surface area (TPSA) is 57.2 Å². The predicted molar refractivity (Wildman–Crippen MR) is 91.1 cm³/mol. The van der Waals surface area contributed by atoms with Crippen LogP contribution in [-0.4, -0.2) is 62.2 Å². The minimum Gasteiger partial charge on any atom is -0.497 e. The molecule has 25 heavy (non-hydrogen) atoms. The highest BCUT2D eigenvalue weighted by Gasteiger charge is 2.54. The summed E-state index contributed by atoms with van der Waals surface area (Å²) in [5.41, 5.74) is 0.871. The lowest BCUT2D eigenvalue weighted by Gasteiger charge is -2.47. The molecule has 0 radical (unpaired) electrons. The number of nitrogens with zero attached hydrogens (tertiary/aromatic N) is 1. The van der Waals surface area contributed by atoms with Crippen molar-refractivity contribution in [1.82, 2.24) is 4.90 Å². The summed E-state index contributed by atoms with van der Waals surface area (Å²) in [5, 5.41) is 0. The summed E-state index contributed by atoms with van der Waals surface area (Å²) in [5.74, 6) is 6.20. The standard InChI is InChI=1S/C19H23NO5/c1-19(2)24-12-15(25-19)16-17(23-4)18(21)20(16)11-5-6-13-7-9-14(22-3)10-8-13/h7-10,15-17H,11-12H2,1-4H3/t15-,16+,17-/m1/s1. The smallest absolute Gasteiger partial charge is 0.255 e. The van der Waals surface area contributed by atoms with E-state index in [2.05, 4.69) is 11.8 Å². The molecule has 134 valence electrons. The van der Waals surface area contributed by atoms with Gasteiger partial charge in [0.15, 0.2) is 11.9 Å². The average molecular weight is 345 g/mol. The minimum absolute atomic E-state index is 0.0650. The third kappa shape index (κ3) is 3.64. The molecule has 1 aromatic carbocycles. The van der Waals surface area contributed by atoms with Crippen LogP contribution < -0.4 is 4.74 Å². The van der Waals surface area contributed by atoms with Crippen molar-refractivity contribution in [3.8, 4) is 17.6 Å². The van der Waals surface area contributed by atoms with Gasteiger partial charge in [-0.25, -0.2) is 0 Å². The molecular formula is C19H23NO5. The lowest BCUT2D eigenvalue weighted by Crippen LogP contribution is -2.70. The molecule has 0 aliphatic carbocycles. The maximum Gasteiger partial charge on any atom is 0.255 e.